The smallest absolute Gasteiger partial charge is 0.145 e. The van der Waals surface area contributed by atoms with Crippen LogP contribution in [0.3, 0.4) is 0 Å². The molecule has 9 aromatic rings. The summed E-state index contributed by atoms with van der Waals surface area (Å²) in [7, 11) is 0. The minimum Gasteiger partial charge on any atom is -0.298 e. The van der Waals surface area contributed by atoms with Crippen molar-refractivity contribution >= 4 is 38.6 Å². The molecule has 0 bridgehead atoms. The topological polar surface area (TPSA) is 17.3 Å². The van der Waals surface area contributed by atoms with Crippen molar-refractivity contribution in [2.45, 2.75) is 12.3 Å². The molecular formula is C51H36N2. The summed E-state index contributed by atoms with van der Waals surface area (Å²) >= 11 is 0. The molecule has 1 atom stereocenters. The Labute approximate surface area is 309 Å². The monoisotopic (exact) mass is 676 g/mol. The number of rotatable bonds is 6. The molecule has 10 rings (SSSR count). The van der Waals surface area contributed by atoms with Crippen LogP contribution < -0.4 is 0 Å². The zero-order chi connectivity index (χ0) is 35.1. The average Bonchev–Trinajstić information content (AvgIpc) is 3.62. The van der Waals surface area contributed by atoms with Crippen LogP contribution in [0.15, 0.2) is 200 Å². The van der Waals surface area contributed by atoms with E-state index in [1.54, 1.807) is 0 Å². The molecule has 2 nitrogen and oxygen atoms in total. The standard InChI is InChI=1S/C51H36N2/c1-5-15-35(16-6-1)40-27-41(36-17-7-2-8-18-36)30-44(29-40)39-25-26-49-50(33-39)53-34-48(46-23-13-14-24-47(46)51(53)52-49)45-31-42(37-19-9-3-10-20-37)28-43(32-45)38-21-11-4-12-22-38/h1-27,29-34,42H,28H2. The summed E-state index contributed by atoms with van der Waals surface area (Å²) in [4.78, 5) is 5.25. The molecule has 1 aliphatic carbocycles. The molecular weight excluding hydrogens is 641 g/mol. The Morgan fingerprint density at radius 2 is 1.02 bits per heavy atom. The van der Waals surface area contributed by atoms with Gasteiger partial charge in [-0.15, -0.1) is 0 Å². The number of allylic oxidation sites excluding steroid dienone is 4. The molecule has 0 fully saturated rings. The Kier molecular flexibility index (Phi) is 7.66. The first-order valence-corrected chi connectivity index (χ1v) is 18.4. The summed E-state index contributed by atoms with van der Waals surface area (Å²) in [5.74, 6) is 0.266. The number of hydrogen-bond acceptors (Lipinski definition) is 1. The van der Waals surface area contributed by atoms with Gasteiger partial charge in [-0.2, -0.15) is 0 Å². The fourth-order valence-electron chi connectivity index (χ4n) is 8.07. The van der Waals surface area contributed by atoms with E-state index in [1.165, 1.54) is 61.0 Å². The molecule has 1 unspecified atom stereocenters. The van der Waals surface area contributed by atoms with Crippen LogP contribution in [0, 0.1) is 0 Å². The van der Waals surface area contributed by atoms with Gasteiger partial charge in [0, 0.05) is 23.1 Å². The second-order valence-corrected chi connectivity index (χ2v) is 14.0. The minimum absolute atomic E-state index is 0.266. The lowest BCUT2D eigenvalue weighted by molar-refractivity contribution is 0.871. The third kappa shape index (κ3) is 5.75. The molecule has 0 radical (unpaired) electrons. The predicted molar refractivity (Wildman–Crippen MR) is 223 cm³/mol. The van der Waals surface area contributed by atoms with E-state index in [2.05, 4.69) is 205 Å². The van der Waals surface area contributed by atoms with Gasteiger partial charge < -0.3 is 0 Å². The third-order valence-corrected chi connectivity index (χ3v) is 10.7. The first kappa shape index (κ1) is 31.0. The van der Waals surface area contributed by atoms with Crippen molar-refractivity contribution < 1.29 is 0 Å². The Balaban J connectivity index is 1.18. The fraction of sp³-hybridized carbons (Fsp3) is 0.0392. The van der Waals surface area contributed by atoms with Gasteiger partial charge in [-0.25, -0.2) is 4.98 Å². The first-order valence-electron chi connectivity index (χ1n) is 18.4. The number of nitrogens with zero attached hydrogens (tertiary/aromatic N) is 2. The van der Waals surface area contributed by atoms with Crippen molar-refractivity contribution in [2.24, 2.45) is 0 Å². The highest BCUT2D eigenvalue weighted by Gasteiger charge is 2.22. The number of imidazole rings is 1. The van der Waals surface area contributed by atoms with E-state index in [0.717, 1.165) is 34.1 Å². The maximum absolute atomic E-state index is 5.25. The summed E-state index contributed by atoms with van der Waals surface area (Å²) in [5, 5.41) is 2.36. The minimum atomic E-state index is 0.266. The van der Waals surface area contributed by atoms with E-state index in [4.69, 9.17) is 4.98 Å². The van der Waals surface area contributed by atoms with Crippen molar-refractivity contribution in [1.29, 1.82) is 0 Å². The molecule has 0 saturated heterocycles. The largest absolute Gasteiger partial charge is 0.298 e. The van der Waals surface area contributed by atoms with Crippen LogP contribution in [0.4, 0.5) is 0 Å². The maximum atomic E-state index is 5.25. The third-order valence-electron chi connectivity index (χ3n) is 10.7. The van der Waals surface area contributed by atoms with Crippen LogP contribution in [-0.2, 0) is 0 Å². The van der Waals surface area contributed by atoms with Crippen molar-refractivity contribution in [3.8, 4) is 33.4 Å². The van der Waals surface area contributed by atoms with Gasteiger partial charge in [-0.05, 0) is 97.8 Å². The lowest BCUT2D eigenvalue weighted by atomic mass is 9.81. The van der Waals surface area contributed by atoms with E-state index < -0.39 is 0 Å². The molecule has 53 heavy (non-hydrogen) atoms. The number of aromatic nitrogens is 2. The summed E-state index contributed by atoms with van der Waals surface area (Å²) in [5.41, 5.74) is 16.6. The second-order valence-electron chi connectivity index (χ2n) is 14.0. The van der Waals surface area contributed by atoms with E-state index in [0.29, 0.717) is 0 Å². The van der Waals surface area contributed by atoms with Gasteiger partial charge in [0.1, 0.15) is 5.65 Å². The Morgan fingerprint density at radius 3 is 1.66 bits per heavy atom. The molecule has 7 aromatic carbocycles. The van der Waals surface area contributed by atoms with Gasteiger partial charge in [-0.3, -0.25) is 4.40 Å². The van der Waals surface area contributed by atoms with Gasteiger partial charge in [0.2, 0.25) is 0 Å². The first-order chi connectivity index (χ1) is 26.2. The maximum Gasteiger partial charge on any atom is 0.145 e. The predicted octanol–water partition coefficient (Wildman–Crippen LogP) is 13.3. The lowest BCUT2D eigenvalue weighted by Gasteiger charge is -2.24. The second kappa shape index (κ2) is 13.1. The van der Waals surface area contributed by atoms with Crippen molar-refractivity contribution in [3.63, 3.8) is 0 Å². The number of hydrogen-bond donors (Lipinski definition) is 0. The Bertz CT molecular complexity index is 2770. The SMILES string of the molecule is C1=C(c2ccccc2)CC(c2ccccc2)C=C1c1cn2c3cc(-c4cc(-c5ccccc5)cc(-c5ccccc5)c4)ccc3nc2c2ccccc12. The van der Waals surface area contributed by atoms with E-state index in [9.17, 15) is 0 Å². The molecule has 2 heterocycles. The molecule has 2 aromatic heterocycles. The Hall–Kier alpha value is -6.77. The number of benzene rings is 7. The van der Waals surface area contributed by atoms with Crippen molar-refractivity contribution in [3.05, 3.63) is 217 Å². The molecule has 0 aliphatic heterocycles. The van der Waals surface area contributed by atoms with Crippen LogP contribution in [0.2, 0.25) is 0 Å². The molecule has 0 amide bonds. The normalized spacial score (nSPS) is 14.4. The van der Waals surface area contributed by atoms with Crippen molar-refractivity contribution in [2.75, 3.05) is 0 Å². The molecule has 0 spiro atoms. The van der Waals surface area contributed by atoms with Crippen LogP contribution in [0.1, 0.15) is 29.0 Å². The highest BCUT2D eigenvalue weighted by Crippen LogP contribution is 2.42. The van der Waals surface area contributed by atoms with Crippen LogP contribution >= 0.6 is 0 Å². The quantitative estimate of drug-likeness (QED) is 0.171. The Morgan fingerprint density at radius 1 is 0.472 bits per heavy atom. The van der Waals surface area contributed by atoms with Crippen LogP contribution in [0.5, 0.6) is 0 Å². The van der Waals surface area contributed by atoms with E-state index in [-0.39, 0.29) is 5.92 Å². The molecule has 2 heteroatoms. The fourth-order valence-corrected chi connectivity index (χ4v) is 8.07. The number of fused-ring (bicyclic) bond motifs is 5. The van der Waals surface area contributed by atoms with Gasteiger partial charge in [0.25, 0.3) is 0 Å². The van der Waals surface area contributed by atoms with Crippen molar-refractivity contribution in [1.82, 2.24) is 9.38 Å². The molecule has 250 valence electrons. The summed E-state index contributed by atoms with van der Waals surface area (Å²) in [6.45, 7) is 0. The highest BCUT2D eigenvalue weighted by molar-refractivity contribution is 6.06. The van der Waals surface area contributed by atoms with Gasteiger partial charge in [0.05, 0.1) is 11.0 Å². The number of pyridine rings is 1. The average molecular weight is 677 g/mol. The zero-order valence-corrected chi connectivity index (χ0v) is 29.2. The van der Waals surface area contributed by atoms with E-state index in [1.807, 2.05) is 0 Å². The van der Waals surface area contributed by atoms with E-state index >= 15 is 0 Å². The summed E-state index contributed by atoms with van der Waals surface area (Å²) in [6.07, 6.45) is 8.17. The summed E-state index contributed by atoms with van der Waals surface area (Å²) < 4.78 is 2.32. The van der Waals surface area contributed by atoms with Gasteiger partial charge in [-0.1, -0.05) is 164 Å². The zero-order valence-electron chi connectivity index (χ0n) is 29.2. The van der Waals surface area contributed by atoms with Gasteiger partial charge in [0.15, 0.2) is 0 Å². The molecule has 0 saturated carbocycles. The molecule has 0 N–H and O–H groups in total. The highest BCUT2D eigenvalue weighted by atomic mass is 15.0. The molecule has 1 aliphatic rings. The van der Waals surface area contributed by atoms with Crippen LogP contribution in [-0.4, -0.2) is 9.38 Å². The van der Waals surface area contributed by atoms with Gasteiger partial charge >= 0.3 is 0 Å². The lowest BCUT2D eigenvalue weighted by Crippen LogP contribution is -2.04. The summed E-state index contributed by atoms with van der Waals surface area (Å²) in [6, 6.07) is 65.5. The van der Waals surface area contributed by atoms with Crippen LogP contribution in [0.25, 0.3) is 72.0 Å².